The van der Waals surface area contributed by atoms with E-state index in [2.05, 4.69) is 0 Å². The van der Waals surface area contributed by atoms with Crippen LogP contribution in [0, 0.1) is 27.7 Å². The molecule has 0 fully saturated rings. The second kappa shape index (κ2) is 10.3. The number of hydrogen-bond acceptors (Lipinski definition) is 2. The van der Waals surface area contributed by atoms with Gasteiger partial charge in [0.05, 0.1) is 0 Å². The van der Waals surface area contributed by atoms with Crippen molar-refractivity contribution in [1.29, 1.82) is 0 Å². The molecule has 144 valence electrons. The first-order valence-electron chi connectivity index (χ1n) is 8.19. The van der Waals surface area contributed by atoms with Gasteiger partial charge in [0, 0.05) is 0 Å². The predicted molar refractivity (Wildman–Crippen MR) is 96.0 cm³/mol. The molecule has 0 aliphatic heterocycles. The molecule has 7 heteroatoms. The molecule has 2 amide bonds. The van der Waals surface area contributed by atoms with E-state index in [9.17, 15) is 9.59 Å². The van der Waals surface area contributed by atoms with Crippen LogP contribution in [0.15, 0.2) is 36.4 Å². The van der Waals surface area contributed by atoms with Crippen LogP contribution in [0.1, 0.15) is 43.0 Å². The van der Waals surface area contributed by atoms with Crippen LogP contribution in [0.5, 0.6) is 0 Å². The first-order valence-corrected chi connectivity index (χ1v) is 9.58. The molecule has 0 aromatic heterocycles. The Hall–Kier alpha value is -2.05. The summed E-state index contributed by atoms with van der Waals surface area (Å²) in [5, 5.41) is 0. The number of amides is 2. The first kappa shape index (κ1) is 25.0. The Labute approximate surface area is 168 Å². The minimum absolute atomic E-state index is 0. The fourth-order valence-corrected chi connectivity index (χ4v) is 4.01. The van der Waals surface area contributed by atoms with Crippen molar-refractivity contribution in [3.63, 3.8) is 0 Å². The Morgan fingerprint density at radius 1 is 0.704 bits per heavy atom. The third-order valence-electron chi connectivity index (χ3n) is 4.58. The smallest absolute Gasteiger partial charge is 1.00 e. The van der Waals surface area contributed by atoms with E-state index in [1.54, 1.807) is 20.9 Å². The van der Waals surface area contributed by atoms with Crippen molar-refractivity contribution >= 4 is 11.8 Å². The van der Waals surface area contributed by atoms with E-state index in [-0.39, 0.29) is 21.2 Å². The van der Waals surface area contributed by atoms with Gasteiger partial charge < -0.3 is 9.41 Å². The molecule has 2 aromatic rings. The van der Waals surface area contributed by atoms with Crippen molar-refractivity contribution in [2.24, 2.45) is 0 Å². The van der Waals surface area contributed by atoms with Crippen LogP contribution < -0.4 is 9.41 Å². The maximum Gasteiger partial charge on any atom is -1.00 e. The predicted octanol–water partition coefficient (Wildman–Crippen LogP) is -2.32. The molecule has 0 aliphatic rings. The number of aryl methyl sites for hydroxylation is 2. The van der Waals surface area contributed by atoms with Gasteiger partial charge in [0.1, 0.15) is 0 Å². The van der Waals surface area contributed by atoms with Crippen LogP contribution in [0.3, 0.4) is 0 Å². The van der Waals surface area contributed by atoms with E-state index in [1.165, 1.54) is 0 Å². The number of rotatable bonds is 4. The molecule has 0 spiro atoms. The largest absolute Gasteiger partial charge is 1.00 e. The molecule has 0 saturated heterocycles. The summed E-state index contributed by atoms with van der Waals surface area (Å²) >= 11 is -1.07. The van der Waals surface area contributed by atoms with Crippen LogP contribution in [0.2, 0.25) is 0 Å². The standard InChI is InChI=1S/2C10H13NO.2FH.Ti/c2*1-7-5-4-6-9(8(7)2)10(12)11-3;;;/h2*4-6H,1-3H3,(H,11,12);2*1H;/q;;;;+4/p-4. The summed E-state index contributed by atoms with van der Waals surface area (Å²) in [4.78, 5) is 25.5. The molecule has 0 heterocycles. The van der Waals surface area contributed by atoms with Crippen molar-refractivity contribution in [3.8, 4) is 0 Å². The Morgan fingerprint density at radius 3 is 1.37 bits per heavy atom. The Bertz CT molecular complexity index is 760. The molecular weight excluding hydrogens is 386 g/mol. The number of nitrogens with zero attached hydrogens (tertiary/aromatic N) is 2. The second-order valence-electron chi connectivity index (χ2n) is 6.32. The van der Waals surface area contributed by atoms with Crippen LogP contribution in [-0.4, -0.2) is 32.7 Å². The average molecular weight is 410 g/mol. The van der Waals surface area contributed by atoms with Gasteiger partial charge in [0.2, 0.25) is 0 Å². The zero-order valence-electron chi connectivity index (χ0n) is 16.4. The summed E-state index contributed by atoms with van der Waals surface area (Å²) in [5.74, 6) is -0.0522. The van der Waals surface area contributed by atoms with Gasteiger partial charge >= 0.3 is 159 Å². The van der Waals surface area contributed by atoms with Gasteiger partial charge in [0.15, 0.2) is 0 Å². The van der Waals surface area contributed by atoms with Crippen LogP contribution >= 0.6 is 0 Å². The van der Waals surface area contributed by atoms with Gasteiger partial charge in [0.25, 0.3) is 0 Å². The summed E-state index contributed by atoms with van der Waals surface area (Å²) in [6.45, 7) is 7.92. The van der Waals surface area contributed by atoms with Gasteiger partial charge in [-0.1, -0.05) is 0 Å². The van der Waals surface area contributed by atoms with Gasteiger partial charge in [-0.15, -0.1) is 0 Å². The maximum atomic E-state index is 12.8. The number of benzene rings is 2. The van der Waals surface area contributed by atoms with E-state index >= 15 is 0 Å². The molecule has 0 N–H and O–H groups in total. The van der Waals surface area contributed by atoms with E-state index in [0.29, 0.717) is 11.1 Å². The third kappa shape index (κ3) is 5.47. The molecule has 27 heavy (non-hydrogen) atoms. The number of hydrogen-bond donors (Lipinski definition) is 0. The summed E-state index contributed by atoms with van der Waals surface area (Å²) in [7, 11) is 3.55. The van der Waals surface area contributed by atoms with Crippen molar-refractivity contribution in [1.82, 2.24) is 6.76 Å². The number of carbonyl (C=O) groups excluding carboxylic acids is 2. The van der Waals surface area contributed by atoms with Gasteiger partial charge in [-0.2, -0.15) is 0 Å². The molecule has 2 aromatic carbocycles. The summed E-state index contributed by atoms with van der Waals surface area (Å²) in [6, 6.07) is 11.5. The fraction of sp³-hybridized carbons (Fsp3) is 0.300. The molecule has 0 saturated carbocycles. The molecule has 0 radical (unpaired) electrons. The van der Waals surface area contributed by atoms with Crippen molar-refractivity contribution in [2.75, 3.05) is 14.1 Å². The van der Waals surface area contributed by atoms with E-state index in [1.807, 2.05) is 64.1 Å². The number of carbonyl (C=O) groups is 2. The molecular formula is C20H24F2N2O2Ti. The topological polar surface area (TPSA) is 40.6 Å². The molecule has 0 unspecified atom stereocenters. The molecule has 2 rings (SSSR count). The molecule has 0 aliphatic carbocycles. The van der Waals surface area contributed by atoms with E-state index in [0.717, 1.165) is 22.3 Å². The van der Waals surface area contributed by atoms with E-state index < -0.39 is 19.7 Å². The number of halogens is 2. The fourth-order valence-electron chi connectivity index (χ4n) is 2.64. The van der Waals surface area contributed by atoms with Crippen LogP contribution in [0.25, 0.3) is 0 Å². The zero-order chi connectivity index (χ0) is 18.7. The summed E-state index contributed by atoms with van der Waals surface area (Å²) in [6.07, 6.45) is 0. The summed E-state index contributed by atoms with van der Waals surface area (Å²) in [5.41, 5.74) is 5.60. The quantitative estimate of drug-likeness (QED) is 0.532. The van der Waals surface area contributed by atoms with Gasteiger partial charge in [-0.3, -0.25) is 0 Å². The van der Waals surface area contributed by atoms with Crippen molar-refractivity contribution < 1.29 is 38.7 Å². The second-order valence-corrected chi connectivity index (χ2v) is 8.73. The third-order valence-corrected chi connectivity index (χ3v) is 6.15. The Kier molecular flexibility index (Phi) is 9.55. The first-order chi connectivity index (χ1) is 11.7. The SMILES string of the molecule is Cc1cccc(C(=O)[N](C)[Ti+2][N](C)C(=O)c2cccc(C)c2C)c1C.[F-].[F-]. The monoisotopic (exact) mass is 410 g/mol. The van der Waals surface area contributed by atoms with Gasteiger partial charge in [-0.25, -0.2) is 0 Å². The Morgan fingerprint density at radius 2 is 1.04 bits per heavy atom. The van der Waals surface area contributed by atoms with E-state index in [4.69, 9.17) is 0 Å². The minimum atomic E-state index is -1.07. The average Bonchev–Trinajstić information content (AvgIpc) is 2.58. The summed E-state index contributed by atoms with van der Waals surface area (Å²) < 4.78 is 3.40. The molecule has 0 bridgehead atoms. The zero-order valence-corrected chi connectivity index (χ0v) is 18.0. The Balaban J connectivity index is 0.00000338. The van der Waals surface area contributed by atoms with Crippen molar-refractivity contribution in [2.45, 2.75) is 27.7 Å². The molecule has 0 atom stereocenters. The maximum absolute atomic E-state index is 12.8. The van der Waals surface area contributed by atoms with Crippen molar-refractivity contribution in [3.05, 3.63) is 69.8 Å². The normalized spacial score (nSPS) is 9.41. The minimum Gasteiger partial charge on any atom is -1.00 e. The molecule has 4 nitrogen and oxygen atoms in total. The van der Waals surface area contributed by atoms with Crippen LogP contribution in [0.4, 0.5) is 0 Å². The van der Waals surface area contributed by atoms with Crippen LogP contribution in [-0.2, 0) is 19.7 Å². The van der Waals surface area contributed by atoms with Gasteiger partial charge in [-0.05, 0) is 0 Å².